The van der Waals surface area contributed by atoms with Crippen LogP contribution < -0.4 is 11.3 Å². The molecule has 0 radical (unpaired) electrons. The van der Waals surface area contributed by atoms with E-state index in [-0.39, 0.29) is 11.9 Å². The maximum absolute atomic E-state index is 13.9. The van der Waals surface area contributed by atoms with Gasteiger partial charge in [-0.05, 0) is 23.6 Å². The molecule has 3 N–H and O–H groups in total. The number of hydrazine groups is 1. The van der Waals surface area contributed by atoms with Crippen LogP contribution in [0.25, 0.3) is 0 Å². The van der Waals surface area contributed by atoms with Crippen molar-refractivity contribution < 1.29 is 4.39 Å². The van der Waals surface area contributed by atoms with E-state index in [0.717, 1.165) is 18.4 Å². The van der Waals surface area contributed by atoms with Crippen LogP contribution in [0.4, 0.5) is 4.39 Å². The summed E-state index contributed by atoms with van der Waals surface area (Å²) in [5, 5.41) is 0. The maximum atomic E-state index is 13.9. The molecular formula is C16H19FN2. The molecule has 100 valence electrons. The highest BCUT2D eigenvalue weighted by atomic mass is 19.1. The highest BCUT2D eigenvalue weighted by Gasteiger charge is 2.16. The molecule has 0 saturated carbocycles. The van der Waals surface area contributed by atoms with Crippen LogP contribution in [-0.4, -0.2) is 0 Å². The molecule has 0 spiro atoms. The average molecular weight is 258 g/mol. The molecule has 0 saturated heterocycles. The lowest BCUT2D eigenvalue weighted by molar-refractivity contribution is 0.560. The molecule has 19 heavy (non-hydrogen) atoms. The lowest BCUT2D eigenvalue weighted by atomic mass is 9.96. The predicted molar refractivity (Wildman–Crippen MR) is 76.0 cm³/mol. The number of hydrogen-bond acceptors (Lipinski definition) is 2. The van der Waals surface area contributed by atoms with Crippen molar-refractivity contribution in [1.82, 2.24) is 5.43 Å². The van der Waals surface area contributed by atoms with E-state index in [9.17, 15) is 4.39 Å². The second-order valence-corrected chi connectivity index (χ2v) is 4.62. The van der Waals surface area contributed by atoms with Gasteiger partial charge in [0.25, 0.3) is 0 Å². The van der Waals surface area contributed by atoms with E-state index < -0.39 is 0 Å². The van der Waals surface area contributed by atoms with E-state index >= 15 is 0 Å². The van der Waals surface area contributed by atoms with Crippen molar-refractivity contribution in [2.75, 3.05) is 0 Å². The molecule has 2 nitrogen and oxygen atoms in total. The molecule has 0 aliphatic rings. The monoisotopic (exact) mass is 258 g/mol. The van der Waals surface area contributed by atoms with Crippen molar-refractivity contribution >= 4 is 0 Å². The molecule has 2 aromatic carbocycles. The van der Waals surface area contributed by atoms with Crippen LogP contribution >= 0.6 is 0 Å². The Kier molecular flexibility index (Phi) is 4.66. The first-order valence-electron chi connectivity index (χ1n) is 6.55. The Morgan fingerprint density at radius 2 is 1.95 bits per heavy atom. The highest BCUT2D eigenvalue weighted by molar-refractivity contribution is 5.34. The van der Waals surface area contributed by atoms with Crippen molar-refractivity contribution in [2.45, 2.75) is 25.8 Å². The molecule has 0 fully saturated rings. The van der Waals surface area contributed by atoms with Crippen LogP contribution in [0.3, 0.4) is 0 Å². The Morgan fingerprint density at radius 1 is 1.16 bits per heavy atom. The second-order valence-electron chi connectivity index (χ2n) is 4.62. The van der Waals surface area contributed by atoms with Crippen LogP contribution in [0.2, 0.25) is 0 Å². The van der Waals surface area contributed by atoms with Crippen molar-refractivity contribution in [2.24, 2.45) is 5.84 Å². The van der Waals surface area contributed by atoms with Crippen molar-refractivity contribution in [1.29, 1.82) is 0 Å². The minimum atomic E-state index is -0.321. The first-order valence-corrected chi connectivity index (χ1v) is 6.55. The summed E-state index contributed by atoms with van der Waals surface area (Å²) in [6.45, 7) is 2.14. The largest absolute Gasteiger partial charge is 0.271 e. The van der Waals surface area contributed by atoms with Gasteiger partial charge in [0.05, 0.1) is 6.04 Å². The molecular weight excluding hydrogens is 239 g/mol. The number of halogens is 1. The summed E-state index contributed by atoms with van der Waals surface area (Å²) in [5.41, 5.74) is 5.50. The lowest BCUT2D eigenvalue weighted by Crippen LogP contribution is -2.29. The Balaban J connectivity index is 2.37. The van der Waals surface area contributed by atoms with Gasteiger partial charge >= 0.3 is 0 Å². The summed E-state index contributed by atoms with van der Waals surface area (Å²) in [7, 11) is 0. The summed E-state index contributed by atoms with van der Waals surface area (Å²) < 4.78 is 13.9. The Bertz CT molecular complexity index is 540. The fourth-order valence-electron chi connectivity index (χ4n) is 2.29. The molecule has 0 aliphatic heterocycles. The van der Waals surface area contributed by atoms with Gasteiger partial charge in [-0.3, -0.25) is 5.84 Å². The zero-order chi connectivity index (χ0) is 13.7. The predicted octanol–water partition coefficient (Wildman–Crippen LogP) is 3.33. The van der Waals surface area contributed by atoms with Crippen LogP contribution in [-0.2, 0) is 6.42 Å². The number of rotatable bonds is 5. The molecule has 0 heterocycles. The summed E-state index contributed by atoms with van der Waals surface area (Å²) >= 11 is 0. The van der Waals surface area contributed by atoms with Gasteiger partial charge in [-0.15, -0.1) is 0 Å². The van der Waals surface area contributed by atoms with E-state index in [1.165, 1.54) is 11.6 Å². The second kappa shape index (κ2) is 6.45. The molecule has 3 heteroatoms. The summed E-state index contributed by atoms with van der Waals surface area (Å²) in [5.74, 6) is 5.37. The van der Waals surface area contributed by atoms with Crippen LogP contribution in [0, 0.1) is 5.82 Å². The molecule has 2 rings (SSSR count). The van der Waals surface area contributed by atoms with Gasteiger partial charge in [0.15, 0.2) is 0 Å². The van der Waals surface area contributed by atoms with Crippen LogP contribution in [0.1, 0.15) is 36.1 Å². The van der Waals surface area contributed by atoms with Gasteiger partial charge in [-0.1, -0.05) is 55.8 Å². The molecule has 0 aliphatic carbocycles. The number of nitrogens with two attached hydrogens (primary N) is 1. The smallest absolute Gasteiger partial charge is 0.128 e. The third-order valence-electron chi connectivity index (χ3n) is 3.21. The Hall–Kier alpha value is -1.71. The normalized spacial score (nSPS) is 12.4. The SMILES string of the molecule is CCCc1cccc(C(NN)c2ccccc2F)c1. The fourth-order valence-corrected chi connectivity index (χ4v) is 2.29. The zero-order valence-corrected chi connectivity index (χ0v) is 11.1. The van der Waals surface area contributed by atoms with Gasteiger partial charge in [0, 0.05) is 5.56 Å². The van der Waals surface area contributed by atoms with E-state index in [1.807, 2.05) is 18.2 Å². The van der Waals surface area contributed by atoms with Crippen molar-refractivity contribution in [3.05, 3.63) is 71.0 Å². The van der Waals surface area contributed by atoms with E-state index in [1.54, 1.807) is 12.1 Å². The number of aryl methyl sites for hydroxylation is 1. The van der Waals surface area contributed by atoms with E-state index in [0.29, 0.717) is 5.56 Å². The zero-order valence-electron chi connectivity index (χ0n) is 11.1. The topological polar surface area (TPSA) is 38.0 Å². The minimum Gasteiger partial charge on any atom is -0.271 e. The van der Waals surface area contributed by atoms with Gasteiger partial charge in [-0.2, -0.15) is 0 Å². The third kappa shape index (κ3) is 3.19. The number of hydrogen-bond donors (Lipinski definition) is 2. The molecule has 1 unspecified atom stereocenters. The molecule has 1 atom stereocenters. The molecule has 0 amide bonds. The van der Waals surface area contributed by atoms with Crippen molar-refractivity contribution in [3.63, 3.8) is 0 Å². The third-order valence-corrected chi connectivity index (χ3v) is 3.21. The maximum Gasteiger partial charge on any atom is 0.128 e. The van der Waals surface area contributed by atoms with E-state index in [2.05, 4.69) is 24.5 Å². The standard InChI is InChI=1S/C16H19FN2/c1-2-6-12-7-5-8-13(11-12)16(19-18)14-9-3-4-10-15(14)17/h3-5,7-11,16,19H,2,6,18H2,1H3. The van der Waals surface area contributed by atoms with Gasteiger partial charge in [0.1, 0.15) is 5.82 Å². The quantitative estimate of drug-likeness (QED) is 0.637. The molecule has 0 bridgehead atoms. The van der Waals surface area contributed by atoms with Gasteiger partial charge in [-0.25, -0.2) is 9.82 Å². The highest BCUT2D eigenvalue weighted by Crippen LogP contribution is 2.24. The van der Waals surface area contributed by atoms with Crippen molar-refractivity contribution in [3.8, 4) is 0 Å². The van der Waals surface area contributed by atoms with Gasteiger partial charge in [0.2, 0.25) is 0 Å². The fraction of sp³-hybridized carbons (Fsp3) is 0.250. The van der Waals surface area contributed by atoms with E-state index in [4.69, 9.17) is 5.84 Å². The summed E-state index contributed by atoms with van der Waals surface area (Å²) in [6, 6.07) is 14.5. The number of nitrogens with one attached hydrogen (secondary N) is 1. The van der Waals surface area contributed by atoms with Crippen LogP contribution in [0.5, 0.6) is 0 Å². The van der Waals surface area contributed by atoms with Crippen LogP contribution in [0.15, 0.2) is 48.5 Å². The Labute approximate surface area is 113 Å². The Morgan fingerprint density at radius 3 is 2.63 bits per heavy atom. The minimum absolute atomic E-state index is 0.244. The molecule has 0 aromatic heterocycles. The summed E-state index contributed by atoms with van der Waals surface area (Å²) in [6.07, 6.45) is 2.10. The van der Waals surface area contributed by atoms with Gasteiger partial charge < -0.3 is 0 Å². The first kappa shape index (κ1) is 13.7. The molecule has 2 aromatic rings. The summed E-state index contributed by atoms with van der Waals surface area (Å²) in [4.78, 5) is 0. The first-order chi connectivity index (χ1) is 9.26. The lowest BCUT2D eigenvalue weighted by Gasteiger charge is -2.18. The number of benzene rings is 2. The average Bonchev–Trinajstić information content (AvgIpc) is 2.43.